The highest BCUT2D eigenvalue weighted by molar-refractivity contribution is 9.10. The van der Waals surface area contributed by atoms with Crippen molar-refractivity contribution in [2.24, 2.45) is 5.10 Å². The zero-order valence-corrected chi connectivity index (χ0v) is 21.8. The second-order valence-electron chi connectivity index (χ2n) is 7.33. The molecule has 0 saturated carbocycles. The number of methoxy groups -OCH3 is 3. The van der Waals surface area contributed by atoms with E-state index in [9.17, 15) is 14.4 Å². The molecule has 0 fully saturated rings. The molecule has 37 heavy (non-hydrogen) atoms. The fraction of sp³-hybridized carbons (Fsp3) is 0.154. The zero-order valence-electron chi connectivity index (χ0n) is 20.2. The fourth-order valence-electron chi connectivity index (χ4n) is 3.09. The highest BCUT2D eigenvalue weighted by Crippen LogP contribution is 2.31. The summed E-state index contributed by atoms with van der Waals surface area (Å²) in [6, 6.07) is 16.3. The van der Waals surface area contributed by atoms with E-state index >= 15 is 0 Å². The molecule has 3 aromatic carbocycles. The van der Waals surface area contributed by atoms with Gasteiger partial charge in [-0.25, -0.2) is 10.2 Å². The lowest BCUT2D eigenvalue weighted by Crippen LogP contribution is -2.35. The number of ether oxygens (including phenoxy) is 4. The minimum absolute atomic E-state index is 0.193. The molecule has 192 valence electrons. The fourth-order valence-corrected chi connectivity index (χ4v) is 3.56. The van der Waals surface area contributed by atoms with Crippen molar-refractivity contribution in [2.75, 3.05) is 27.9 Å². The Morgan fingerprint density at radius 2 is 1.54 bits per heavy atom. The van der Waals surface area contributed by atoms with Gasteiger partial charge >= 0.3 is 5.97 Å². The Morgan fingerprint density at radius 3 is 2.24 bits per heavy atom. The van der Waals surface area contributed by atoms with Crippen LogP contribution in [0.1, 0.15) is 26.3 Å². The third-order valence-corrected chi connectivity index (χ3v) is 5.63. The molecule has 0 bridgehead atoms. The number of rotatable bonds is 10. The second-order valence-corrected chi connectivity index (χ2v) is 8.18. The molecule has 11 heteroatoms. The monoisotopic (exact) mass is 569 g/mol. The number of hydrogen-bond donors (Lipinski definition) is 2. The lowest BCUT2D eigenvalue weighted by molar-refractivity contribution is -0.120. The maximum atomic E-state index is 12.6. The molecule has 0 aliphatic carbocycles. The van der Waals surface area contributed by atoms with Gasteiger partial charge in [-0.1, -0.05) is 12.1 Å². The summed E-state index contributed by atoms with van der Waals surface area (Å²) in [7, 11) is 4.40. The molecule has 0 atom stereocenters. The Balaban J connectivity index is 1.58. The molecule has 0 aliphatic rings. The predicted octanol–water partition coefficient (Wildman–Crippen LogP) is 3.57. The van der Waals surface area contributed by atoms with Gasteiger partial charge in [-0.3, -0.25) is 9.59 Å². The standard InChI is InChI=1S/C26H24BrN3O7/c1-34-20-11-9-17(13-23(20)36-3)26(33)37-21-10-8-16(12-22(21)35-2)14-29-30-24(31)15-28-25(32)18-6-4-5-7-19(18)27/h4-14H,15H2,1-3H3,(H,28,32)(H,30,31)/b29-14+. The van der Waals surface area contributed by atoms with Crippen molar-refractivity contribution in [3.63, 3.8) is 0 Å². The van der Waals surface area contributed by atoms with Crippen LogP contribution in [0.25, 0.3) is 0 Å². The number of carbonyl (C=O) groups is 3. The van der Waals surface area contributed by atoms with Crippen LogP contribution >= 0.6 is 15.9 Å². The summed E-state index contributed by atoms with van der Waals surface area (Å²) in [4.78, 5) is 36.8. The summed E-state index contributed by atoms with van der Waals surface area (Å²) in [5.41, 5.74) is 3.58. The Kier molecular flexibility index (Phi) is 9.61. The Morgan fingerprint density at radius 1 is 0.865 bits per heavy atom. The summed E-state index contributed by atoms with van der Waals surface area (Å²) < 4.78 is 21.8. The molecule has 0 aliphatic heterocycles. The topological polar surface area (TPSA) is 125 Å². The van der Waals surface area contributed by atoms with Gasteiger partial charge in [0.25, 0.3) is 11.8 Å². The van der Waals surface area contributed by atoms with E-state index in [1.54, 1.807) is 54.6 Å². The molecule has 0 spiro atoms. The van der Waals surface area contributed by atoms with Gasteiger partial charge in [0, 0.05) is 4.47 Å². The van der Waals surface area contributed by atoms with Crippen molar-refractivity contribution < 1.29 is 33.3 Å². The van der Waals surface area contributed by atoms with Crippen LogP contribution in [0.4, 0.5) is 0 Å². The Bertz CT molecular complexity index is 1330. The lowest BCUT2D eigenvalue weighted by Gasteiger charge is -2.11. The summed E-state index contributed by atoms with van der Waals surface area (Å²) in [5.74, 6) is -0.164. The first-order valence-corrected chi connectivity index (χ1v) is 11.6. The second kappa shape index (κ2) is 13.1. The van der Waals surface area contributed by atoms with Crippen molar-refractivity contribution in [3.05, 3.63) is 81.8 Å². The minimum Gasteiger partial charge on any atom is -0.493 e. The van der Waals surface area contributed by atoms with E-state index < -0.39 is 17.8 Å². The van der Waals surface area contributed by atoms with E-state index in [2.05, 4.69) is 31.8 Å². The van der Waals surface area contributed by atoms with Crippen molar-refractivity contribution in [3.8, 4) is 23.0 Å². The van der Waals surface area contributed by atoms with Gasteiger partial charge in [0.15, 0.2) is 23.0 Å². The van der Waals surface area contributed by atoms with E-state index in [4.69, 9.17) is 18.9 Å². The molecule has 10 nitrogen and oxygen atoms in total. The third kappa shape index (κ3) is 7.31. The number of hydrogen-bond acceptors (Lipinski definition) is 8. The van der Waals surface area contributed by atoms with Gasteiger partial charge in [-0.2, -0.15) is 5.10 Å². The molecule has 2 N–H and O–H groups in total. The van der Waals surface area contributed by atoms with Crippen LogP contribution < -0.4 is 29.7 Å². The van der Waals surface area contributed by atoms with Gasteiger partial charge in [0.05, 0.1) is 45.2 Å². The molecule has 3 aromatic rings. The van der Waals surface area contributed by atoms with Crippen LogP contribution in [0.2, 0.25) is 0 Å². The van der Waals surface area contributed by atoms with Gasteiger partial charge < -0.3 is 24.3 Å². The van der Waals surface area contributed by atoms with Gasteiger partial charge in [0.2, 0.25) is 0 Å². The average molecular weight is 570 g/mol. The van der Waals surface area contributed by atoms with Crippen LogP contribution in [0.5, 0.6) is 23.0 Å². The highest BCUT2D eigenvalue weighted by Gasteiger charge is 2.16. The molecular formula is C26H24BrN3O7. The number of halogens is 1. The van der Waals surface area contributed by atoms with Crippen molar-refractivity contribution >= 4 is 39.9 Å². The first-order valence-electron chi connectivity index (χ1n) is 10.8. The average Bonchev–Trinajstić information content (AvgIpc) is 2.92. The summed E-state index contributed by atoms with van der Waals surface area (Å²) in [5, 5.41) is 6.41. The number of esters is 1. The molecule has 0 aromatic heterocycles. The Labute approximate surface area is 221 Å². The number of nitrogens with zero attached hydrogens (tertiary/aromatic N) is 1. The smallest absolute Gasteiger partial charge is 0.343 e. The van der Waals surface area contributed by atoms with Gasteiger partial charge in [-0.15, -0.1) is 0 Å². The molecule has 2 amide bonds. The molecule has 0 unspecified atom stereocenters. The molecule has 0 saturated heterocycles. The van der Waals surface area contributed by atoms with Crippen LogP contribution in [-0.4, -0.2) is 51.9 Å². The summed E-state index contributed by atoms with van der Waals surface area (Å²) in [6.07, 6.45) is 1.38. The minimum atomic E-state index is -0.613. The maximum absolute atomic E-state index is 12.6. The first kappa shape index (κ1) is 27.2. The maximum Gasteiger partial charge on any atom is 0.343 e. The van der Waals surface area contributed by atoms with Crippen LogP contribution in [0, 0.1) is 0 Å². The Hall–Kier alpha value is -4.38. The highest BCUT2D eigenvalue weighted by atomic mass is 79.9. The first-order chi connectivity index (χ1) is 17.9. The van der Waals surface area contributed by atoms with Crippen molar-refractivity contribution in [1.29, 1.82) is 0 Å². The SMILES string of the molecule is COc1ccc(C(=O)Oc2ccc(/C=N/NC(=O)CNC(=O)c3ccccc3Br)cc2OC)cc1OC. The van der Waals surface area contributed by atoms with E-state index in [-0.39, 0.29) is 23.6 Å². The number of carbonyl (C=O) groups excluding carboxylic acids is 3. The number of benzene rings is 3. The predicted molar refractivity (Wildman–Crippen MR) is 140 cm³/mol. The quantitative estimate of drug-likeness (QED) is 0.165. The number of nitrogens with one attached hydrogen (secondary N) is 2. The van der Waals surface area contributed by atoms with E-state index in [0.29, 0.717) is 27.1 Å². The summed E-state index contributed by atoms with van der Waals surface area (Å²) >= 11 is 3.29. The van der Waals surface area contributed by atoms with Crippen LogP contribution in [0.3, 0.4) is 0 Å². The van der Waals surface area contributed by atoms with Crippen LogP contribution in [0.15, 0.2) is 70.2 Å². The van der Waals surface area contributed by atoms with Crippen molar-refractivity contribution in [1.82, 2.24) is 10.7 Å². The lowest BCUT2D eigenvalue weighted by atomic mass is 10.2. The van der Waals surface area contributed by atoms with E-state index in [1.165, 1.54) is 33.6 Å². The van der Waals surface area contributed by atoms with Gasteiger partial charge in [-0.05, 0) is 70.0 Å². The molecule has 3 rings (SSSR count). The number of amides is 2. The third-order valence-electron chi connectivity index (χ3n) is 4.94. The molecule has 0 heterocycles. The largest absolute Gasteiger partial charge is 0.493 e. The molecular weight excluding hydrogens is 546 g/mol. The van der Waals surface area contributed by atoms with Crippen LogP contribution in [-0.2, 0) is 4.79 Å². The summed E-state index contributed by atoms with van der Waals surface area (Å²) in [6.45, 7) is -0.258. The molecule has 0 radical (unpaired) electrons. The van der Waals surface area contributed by atoms with Crippen molar-refractivity contribution in [2.45, 2.75) is 0 Å². The number of hydrazone groups is 1. The van der Waals surface area contributed by atoms with E-state index in [0.717, 1.165) is 0 Å². The normalized spacial score (nSPS) is 10.5. The van der Waals surface area contributed by atoms with E-state index in [1.807, 2.05) is 0 Å². The zero-order chi connectivity index (χ0) is 26.8. The van der Waals surface area contributed by atoms with Gasteiger partial charge in [0.1, 0.15) is 0 Å².